The van der Waals surface area contributed by atoms with Gasteiger partial charge in [0.25, 0.3) is 0 Å². The van der Waals surface area contributed by atoms with Crippen LogP contribution in [0.25, 0.3) is 23.0 Å². The first-order chi connectivity index (χ1) is 16.5. The van der Waals surface area contributed by atoms with Crippen LogP contribution in [-0.4, -0.2) is 49.8 Å². The van der Waals surface area contributed by atoms with Crippen molar-refractivity contribution in [3.05, 3.63) is 66.4 Å². The zero-order valence-corrected chi connectivity index (χ0v) is 19.2. The molecule has 0 unspecified atom stereocenters. The summed E-state index contributed by atoms with van der Waals surface area (Å²) in [5.41, 5.74) is 5.94. The van der Waals surface area contributed by atoms with Crippen molar-refractivity contribution in [1.82, 2.24) is 19.4 Å². The second kappa shape index (κ2) is 7.85. The van der Waals surface area contributed by atoms with Crippen molar-refractivity contribution >= 4 is 28.9 Å². The Morgan fingerprint density at radius 3 is 2.91 bits per heavy atom. The SMILES string of the molecule is CCOc1cc(Nc2nc(-c3cnc4c(c3)CC=C4)cn3ccnc23)ccc1N1CC(C)(O)C1. The number of rotatable bonds is 6. The third-order valence-electron chi connectivity index (χ3n) is 6.21. The molecule has 4 aromatic rings. The number of hydrogen-bond donors (Lipinski definition) is 2. The maximum atomic E-state index is 10.1. The van der Waals surface area contributed by atoms with Crippen molar-refractivity contribution in [3.63, 3.8) is 0 Å². The Hall–Kier alpha value is -3.91. The van der Waals surface area contributed by atoms with Crippen LogP contribution in [-0.2, 0) is 6.42 Å². The van der Waals surface area contributed by atoms with Crippen molar-refractivity contribution in [2.75, 3.05) is 29.9 Å². The maximum Gasteiger partial charge on any atom is 0.180 e. The van der Waals surface area contributed by atoms with E-state index in [2.05, 4.69) is 38.4 Å². The molecule has 0 atom stereocenters. The summed E-state index contributed by atoms with van der Waals surface area (Å²) in [6, 6.07) is 8.15. The molecule has 8 nitrogen and oxygen atoms in total. The molecule has 0 spiro atoms. The quantitative estimate of drug-likeness (QED) is 0.454. The molecule has 1 aromatic carbocycles. The molecule has 2 N–H and O–H groups in total. The van der Waals surface area contributed by atoms with E-state index in [0.29, 0.717) is 25.5 Å². The minimum Gasteiger partial charge on any atom is -0.492 e. The lowest BCUT2D eigenvalue weighted by molar-refractivity contribution is 0.0307. The molecule has 0 saturated carbocycles. The van der Waals surface area contributed by atoms with Crippen molar-refractivity contribution in [2.24, 2.45) is 0 Å². The Balaban J connectivity index is 1.35. The van der Waals surface area contributed by atoms with Crippen molar-refractivity contribution < 1.29 is 9.84 Å². The summed E-state index contributed by atoms with van der Waals surface area (Å²) in [5.74, 6) is 1.43. The van der Waals surface area contributed by atoms with E-state index < -0.39 is 5.60 Å². The second-order valence-electron chi connectivity index (χ2n) is 9.10. The molecule has 172 valence electrons. The third-order valence-corrected chi connectivity index (χ3v) is 6.21. The molecule has 6 rings (SSSR count). The van der Waals surface area contributed by atoms with Gasteiger partial charge in [-0.25, -0.2) is 9.97 Å². The molecule has 0 bridgehead atoms. The van der Waals surface area contributed by atoms with Gasteiger partial charge in [0.2, 0.25) is 0 Å². The smallest absolute Gasteiger partial charge is 0.180 e. The summed E-state index contributed by atoms with van der Waals surface area (Å²) in [7, 11) is 0. The van der Waals surface area contributed by atoms with Crippen molar-refractivity contribution in [1.29, 1.82) is 0 Å². The first-order valence-electron chi connectivity index (χ1n) is 11.5. The first-order valence-corrected chi connectivity index (χ1v) is 11.5. The number of nitrogens with zero attached hydrogens (tertiary/aromatic N) is 5. The van der Waals surface area contributed by atoms with Crippen LogP contribution in [0.1, 0.15) is 25.1 Å². The fourth-order valence-corrected chi connectivity index (χ4v) is 4.63. The first kappa shape index (κ1) is 20.7. The monoisotopic (exact) mass is 454 g/mol. The number of aliphatic hydroxyl groups is 1. The van der Waals surface area contributed by atoms with Gasteiger partial charge in [-0.2, -0.15) is 0 Å². The number of ether oxygens (including phenoxy) is 1. The highest BCUT2D eigenvalue weighted by atomic mass is 16.5. The van der Waals surface area contributed by atoms with E-state index in [0.717, 1.165) is 46.1 Å². The number of benzene rings is 1. The van der Waals surface area contributed by atoms with E-state index >= 15 is 0 Å². The molecule has 4 heterocycles. The zero-order chi connectivity index (χ0) is 23.3. The number of allylic oxidation sites excluding steroid dienone is 1. The molecule has 1 fully saturated rings. The van der Waals surface area contributed by atoms with Crippen LogP contribution < -0.4 is 15.0 Å². The fourth-order valence-electron chi connectivity index (χ4n) is 4.63. The summed E-state index contributed by atoms with van der Waals surface area (Å²) >= 11 is 0. The molecule has 1 saturated heterocycles. The van der Waals surface area contributed by atoms with Gasteiger partial charge in [0.15, 0.2) is 11.5 Å². The number of hydrogen-bond acceptors (Lipinski definition) is 7. The molecular formula is C26H26N6O2. The van der Waals surface area contributed by atoms with Crippen molar-refractivity contribution in [2.45, 2.75) is 25.9 Å². The van der Waals surface area contributed by atoms with Crippen LogP contribution in [0.3, 0.4) is 0 Å². The van der Waals surface area contributed by atoms with Gasteiger partial charge >= 0.3 is 0 Å². The summed E-state index contributed by atoms with van der Waals surface area (Å²) < 4.78 is 7.90. The van der Waals surface area contributed by atoms with Gasteiger partial charge in [-0.3, -0.25) is 4.98 Å². The molecule has 0 radical (unpaired) electrons. The molecule has 1 aliphatic heterocycles. The molecule has 2 aliphatic rings. The van der Waals surface area contributed by atoms with Gasteiger partial charge < -0.3 is 24.5 Å². The highest BCUT2D eigenvalue weighted by Crippen LogP contribution is 2.37. The molecule has 34 heavy (non-hydrogen) atoms. The number of nitrogens with one attached hydrogen (secondary N) is 1. The number of anilines is 3. The second-order valence-corrected chi connectivity index (χ2v) is 9.10. The standard InChI is InChI=1S/C26H26N6O2/c1-3-34-23-12-19(7-8-22(23)32-15-26(2,33)16-32)29-24-25-27-9-10-31(25)14-21(30-24)18-11-17-5-4-6-20(17)28-13-18/h4,6-14,33H,3,5,15-16H2,1-2H3,(H,29,30). The number of β-amino-alcohol motifs (C(OH)–C–C–N with tert-alkyl or cyclic N) is 1. The Morgan fingerprint density at radius 1 is 1.21 bits per heavy atom. The molecular weight excluding hydrogens is 428 g/mol. The molecule has 0 amide bonds. The van der Waals surface area contributed by atoms with Crippen LogP contribution in [0.15, 0.2) is 55.1 Å². The van der Waals surface area contributed by atoms with E-state index in [4.69, 9.17) is 9.72 Å². The van der Waals surface area contributed by atoms with Gasteiger partial charge in [0.1, 0.15) is 5.75 Å². The predicted octanol–water partition coefficient (Wildman–Crippen LogP) is 4.07. The lowest BCUT2D eigenvalue weighted by Crippen LogP contribution is -2.60. The van der Waals surface area contributed by atoms with Crippen LogP contribution in [0, 0.1) is 0 Å². The Labute approximate surface area is 197 Å². The minimum atomic E-state index is -0.653. The highest BCUT2D eigenvalue weighted by Gasteiger charge is 2.37. The van der Waals surface area contributed by atoms with E-state index in [1.807, 2.05) is 55.0 Å². The van der Waals surface area contributed by atoms with Crippen LogP contribution >= 0.6 is 0 Å². The molecule has 3 aromatic heterocycles. The van der Waals surface area contributed by atoms with Gasteiger partial charge in [0, 0.05) is 55.2 Å². The van der Waals surface area contributed by atoms with Crippen LogP contribution in [0.4, 0.5) is 17.2 Å². The summed E-state index contributed by atoms with van der Waals surface area (Å²) in [5, 5.41) is 13.6. The van der Waals surface area contributed by atoms with E-state index in [1.54, 1.807) is 6.20 Å². The van der Waals surface area contributed by atoms with Gasteiger partial charge in [0.05, 0.1) is 29.3 Å². The topological polar surface area (TPSA) is 87.8 Å². The number of imidazole rings is 1. The number of pyridine rings is 1. The lowest BCUT2D eigenvalue weighted by atomic mass is 9.96. The molecule has 8 heteroatoms. The van der Waals surface area contributed by atoms with Gasteiger partial charge in [-0.1, -0.05) is 6.08 Å². The number of aromatic nitrogens is 4. The average molecular weight is 455 g/mol. The summed E-state index contributed by atoms with van der Waals surface area (Å²) in [6.45, 7) is 5.54. The van der Waals surface area contributed by atoms with E-state index in [-0.39, 0.29) is 0 Å². The third kappa shape index (κ3) is 3.66. The minimum absolute atomic E-state index is 0.555. The van der Waals surface area contributed by atoms with Crippen molar-refractivity contribution in [3.8, 4) is 17.0 Å². The van der Waals surface area contributed by atoms with Crippen LogP contribution in [0.2, 0.25) is 0 Å². The Kier molecular flexibility index (Phi) is 4.77. The van der Waals surface area contributed by atoms with Gasteiger partial charge in [-0.15, -0.1) is 0 Å². The fraction of sp³-hybridized carbons (Fsp3) is 0.269. The summed E-state index contributed by atoms with van der Waals surface area (Å²) in [6.07, 6.45) is 12.6. The van der Waals surface area contributed by atoms with Gasteiger partial charge in [-0.05, 0) is 50.1 Å². The largest absolute Gasteiger partial charge is 0.492 e. The maximum absolute atomic E-state index is 10.1. The molecule has 1 aliphatic carbocycles. The Bertz CT molecular complexity index is 1420. The summed E-state index contributed by atoms with van der Waals surface area (Å²) in [4.78, 5) is 16.1. The normalized spacial score (nSPS) is 15.9. The average Bonchev–Trinajstić information content (AvgIpc) is 3.47. The van der Waals surface area contributed by atoms with E-state index in [1.165, 1.54) is 5.56 Å². The lowest BCUT2D eigenvalue weighted by Gasteiger charge is -2.46. The predicted molar refractivity (Wildman–Crippen MR) is 133 cm³/mol. The Morgan fingerprint density at radius 2 is 2.09 bits per heavy atom. The number of fused-ring (bicyclic) bond motifs is 2. The zero-order valence-electron chi connectivity index (χ0n) is 19.2. The van der Waals surface area contributed by atoms with Crippen LogP contribution in [0.5, 0.6) is 5.75 Å². The van der Waals surface area contributed by atoms with E-state index in [9.17, 15) is 5.11 Å². The highest BCUT2D eigenvalue weighted by molar-refractivity contribution is 5.76.